The van der Waals surface area contributed by atoms with Crippen molar-refractivity contribution in [2.75, 3.05) is 0 Å². The van der Waals surface area contributed by atoms with Crippen LogP contribution in [0.15, 0.2) is 73.1 Å². The number of hydrogen-bond acceptors (Lipinski definition) is 6. The molecule has 0 unspecified atom stereocenters. The van der Waals surface area contributed by atoms with Gasteiger partial charge in [-0.2, -0.15) is 9.61 Å². The second kappa shape index (κ2) is 8.35. The average molecular weight is 411 g/mol. The van der Waals surface area contributed by atoms with Crippen LogP contribution < -0.4 is 4.74 Å². The molecule has 8 nitrogen and oxygen atoms in total. The van der Waals surface area contributed by atoms with E-state index in [0.717, 1.165) is 35.5 Å². The molecule has 0 bridgehead atoms. The molecule has 0 N–H and O–H groups in total. The van der Waals surface area contributed by atoms with Gasteiger partial charge in [0.15, 0.2) is 17.3 Å². The minimum absolute atomic E-state index is 0.265. The third-order valence-corrected chi connectivity index (χ3v) is 4.95. The summed E-state index contributed by atoms with van der Waals surface area (Å²) in [4.78, 5) is 4.34. The van der Waals surface area contributed by atoms with Gasteiger partial charge in [-0.05, 0) is 18.1 Å². The van der Waals surface area contributed by atoms with E-state index >= 15 is 0 Å². The highest BCUT2D eigenvalue weighted by molar-refractivity contribution is 5.72. The lowest BCUT2D eigenvalue weighted by atomic mass is 10.1. The summed E-state index contributed by atoms with van der Waals surface area (Å²) in [6.45, 7) is 3.16. The molecule has 0 spiro atoms. The molecule has 5 aromatic rings. The van der Waals surface area contributed by atoms with Crippen LogP contribution in [0.25, 0.3) is 28.2 Å². The number of ether oxygens (including phenoxy) is 1. The summed E-state index contributed by atoms with van der Waals surface area (Å²) < 4.78 is 9.75. The summed E-state index contributed by atoms with van der Waals surface area (Å²) >= 11 is 0. The maximum atomic E-state index is 6.18. The van der Waals surface area contributed by atoms with Crippen LogP contribution in [0, 0.1) is 0 Å². The van der Waals surface area contributed by atoms with E-state index in [1.165, 1.54) is 0 Å². The van der Waals surface area contributed by atoms with Gasteiger partial charge in [0.05, 0.1) is 0 Å². The third-order valence-electron chi connectivity index (χ3n) is 4.95. The molecule has 0 aliphatic rings. The average Bonchev–Trinajstić information content (AvgIpc) is 3.45. The Morgan fingerprint density at radius 1 is 0.903 bits per heavy atom. The van der Waals surface area contributed by atoms with Gasteiger partial charge in [-0.3, -0.25) is 0 Å². The van der Waals surface area contributed by atoms with Crippen molar-refractivity contribution in [3.8, 4) is 28.4 Å². The summed E-state index contributed by atoms with van der Waals surface area (Å²) in [6, 6.07) is 21.8. The van der Waals surface area contributed by atoms with Crippen LogP contribution in [0.4, 0.5) is 0 Å². The molecule has 154 valence electrons. The lowest BCUT2D eigenvalue weighted by molar-refractivity contribution is 0.272. The fourth-order valence-corrected chi connectivity index (χ4v) is 3.45. The first kappa shape index (κ1) is 18.9. The van der Waals surface area contributed by atoms with Crippen molar-refractivity contribution in [3.63, 3.8) is 0 Å². The normalized spacial score (nSPS) is 11.1. The van der Waals surface area contributed by atoms with Crippen LogP contribution in [-0.2, 0) is 13.2 Å². The highest BCUT2D eigenvalue weighted by Crippen LogP contribution is 2.30. The smallest absolute Gasteiger partial charge is 0.240 e. The van der Waals surface area contributed by atoms with Crippen LogP contribution in [0.5, 0.6) is 5.88 Å². The van der Waals surface area contributed by atoms with Crippen molar-refractivity contribution >= 4 is 5.65 Å². The molecule has 0 radical (unpaired) electrons. The molecule has 0 aliphatic carbocycles. The molecular formula is C23H21N7O. The number of hydrogen-bond donors (Lipinski definition) is 0. The van der Waals surface area contributed by atoms with E-state index in [0.29, 0.717) is 17.4 Å². The zero-order chi connectivity index (χ0) is 21.0. The molecule has 3 aromatic heterocycles. The van der Waals surface area contributed by atoms with Gasteiger partial charge < -0.3 is 4.74 Å². The fourth-order valence-electron chi connectivity index (χ4n) is 3.45. The van der Waals surface area contributed by atoms with Crippen molar-refractivity contribution in [2.24, 2.45) is 0 Å². The van der Waals surface area contributed by atoms with Gasteiger partial charge in [0.2, 0.25) is 5.88 Å². The Balaban J connectivity index is 1.58. The monoisotopic (exact) mass is 411 g/mol. The van der Waals surface area contributed by atoms with E-state index in [9.17, 15) is 0 Å². The van der Waals surface area contributed by atoms with Gasteiger partial charge in [0.1, 0.15) is 12.9 Å². The Bertz CT molecular complexity index is 1300. The van der Waals surface area contributed by atoms with E-state index < -0.39 is 0 Å². The number of benzene rings is 2. The first-order valence-corrected chi connectivity index (χ1v) is 10.2. The Kier molecular flexibility index (Phi) is 5.10. The fraction of sp³-hybridized carbons (Fsp3) is 0.174. The van der Waals surface area contributed by atoms with Crippen LogP contribution in [0.1, 0.15) is 19.2 Å². The van der Waals surface area contributed by atoms with Gasteiger partial charge in [0, 0.05) is 17.7 Å². The van der Waals surface area contributed by atoms with Gasteiger partial charge in [-0.15, -0.1) is 15.3 Å². The highest BCUT2D eigenvalue weighted by Gasteiger charge is 2.17. The Hall–Kier alpha value is -4.07. The van der Waals surface area contributed by atoms with Gasteiger partial charge in [0.25, 0.3) is 0 Å². The molecular weight excluding hydrogens is 390 g/mol. The van der Waals surface area contributed by atoms with Crippen molar-refractivity contribution in [1.82, 2.24) is 34.6 Å². The van der Waals surface area contributed by atoms with Crippen LogP contribution in [0.2, 0.25) is 0 Å². The molecule has 3 heterocycles. The largest absolute Gasteiger partial charge is 0.468 e. The van der Waals surface area contributed by atoms with E-state index in [1.807, 2.05) is 71.4 Å². The molecule has 2 aromatic carbocycles. The Morgan fingerprint density at radius 3 is 2.39 bits per heavy atom. The summed E-state index contributed by atoms with van der Waals surface area (Å²) in [5.74, 6) is 1.91. The maximum absolute atomic E-state index is 6.18. The molecule has 0 aliphatic heterocycles. The topological polar surface area (TPSA) is 83.0 Å². The second-order valence-electron chi connectivity index (χ2n) is 7.08. The predicted molar refractivity (Wildman–Crippen MR) is 116 cm³/mol. The lowest BCUT2D eigenvalue weighted by Crippen LogP contribution is -2.10. The van der Waals surface area contributed by atoms with Gasteiger partial charge >= 0.3 is 0 Å². The summed E-state index contributed by atoms with van der Waals surface area (Å²) in [5, 5.41) is 17.7. The van der Waals surface area contributed by atoms with Crippen molar-refractivity contribution in [1.29, 1.82) is 0 Å². The third kappa shape index (κ3) is 3.75. The number of aromatic nitrogens is 7. The molecule has 0 amide bonds. The van der Waals surface area contributed by atoms with Crippen LogP contribution >= 0.6 is 0 Å². The summed E-state index contributed by atoms with van der Waals surface area (Å²) in [7, 11) is 0. The number of aryl methyl sites for hydroxylation is 1. The number of rotatable bonds is 7. The van der Waals surface area contributed by atoms with E-state index in [-0.39, 0.29) is 6.61 Å². The predicted octanol–water partition coefficient (Wildman–Crippen LogP) is 4.04. The molecule has 0 saturated carbocycles. The van der Waals surface area contributed by atoms with Crippen molar-refractivity contribution in [2.45, 2.75) is 26.5 Å². The van der Waals surface area contributed by atoms with Crippen LogP contribution in [-0.4, -0.2) is 34.6 Å². The molecule has 31 heavy (non-hydrogen) atoms. The molecule has 0 fully saturated rings. The number of nitrogens with zero attached hydrogens (tertiary/aromatic N) is 7. The minimum Gasteiger partial charge on any atom is -0.468 e. The Labute approximate surface area is 179 Å². The van der Waals surface area contributed by atoms with E-state index in [1.54, 1.807) is 10.8 Å². The quantitative estimate of drug-likeness (QED) is 0.402. The van der Waals surface area contributed by atoms with Gasteiger partial charge in [-0.1, -0.05) is 67.6 Å². The summed E-state index contributed by atoms with van der Waals surface area (Å²) in [5.41, 5.74) is 3.43. The van der Waals surface area contributed by atoms with Gasteiger partial charge in [-0.25, -0.2) is 9.67 Å². The van der Waals surface area contributed by atoms with Crippen LogP contribution in [0.3, 0.4) is 0 Å². The van der Waals surface area contributed by atoms with Crippen molar-refractivity contribution in [3.05, 3.63) is 78.9 Å². The number of fused-ring (bicyclic) bond motifs is 1. The molecule has 5 rings (SSSR count). The zero-order valence-electron chi connectivity index (χ0n) is 17.1. The lowest BCUT2D eigenvalue weighted by Gasteiger charge is -2.12. The molecule has 0 atom stereocenters. The Morgan fingerprint density at radius 2 is 1.65 bits per heavy atom. The second-order valence-corrected chi connectivity index (χ2v) is 7.08. The summed E-state index contributed by atoms with van der Waals surface area (Å²) in [6.07, 6.45) is 2.52. The zero-order valence-corrected chi connectivity index (χ0v) is 17.1. The minimum atomic E-state index is 0.265. The first-order valence-electron chi connectivity index (χ1n) is 10.2. The van der Waals surface area contributed by atoms with E-state index in [4.69, 9.17) is 9.84 Å². The molecule has 0 saturated heterocycles. The SMILES string of the molecule is CCCn1ncnc1COc1nn2c(-c3ccccc3)nnc2cc1-c1ccccc1. The highest BCUT2D eigenvalue weighted by atomic mass is 16.5. The molecule has 8 heteroatoms. The first-order chi connectivity index (χ1) is 15.3. The van der Waals surface area contributed by atoms with E-state index in [2.05, 4.69) is 27.2 Å². The standard InChI is InChI=1S/C23H21N7O/c1-2-13-29-21(24-16-25-29)15-31-23-19(17-9-5-3-6-10-17)14-20-26-27-22(30(20)28-23)18-11-7-4-8-12-18/h3-12,14,16H,2,13,15H2,1H3. The maximum Gasteiger partial charge on any atom is 0.240 e. The van der Waals surface area contributed by atoms with Crippen molar-refractivity contribution < 1.29 is 4.74 Å².